The van der Waals surface area contributed by atoms with Crippen molar-refractivity contribution in [2.45, 2.75) is 96.6 Å². The number of piperidine rings is 2. The molecule has 0 spiro atoms. The normalized spacial score (nSPS) is 25.9. The van der Waals surface area contributed by atoms with E-state index in [1.165, 1.54) is 0 Å². The fraction of sp³-hybridized carbons (Fsp3) is 0.488. The van der Waals surface area contributed by atoms with Crippen molar-refractivity contribution in [3.05, 3.63) is 75.9 Å². The summed E-state index contributed by atoms with van der Waals surface area (Å²) in [7, 11) is 0. The molecule has 5 aliphatic rings. The van der Waals surface area contributed by atoms with Gasteiger partial charge in [0.2, 0.25) is 11.8 Å². The number of amides is 5. The molecule has 4 heterocycles. The van der Waals surface area contributed by atoms with Crippen LogP contribution >= 0.6 is 11.6 Å². The van der Waals surface area contributed by atoms with Crippen molar-refractivity contribution in [1.29, 1.82) is 5.26 Å². The summed E-state index contributed by atoms with van der Waals surface area (Å²) >= 11 is 6.23. The van der Waals surface area contributed by atoms with Crippen molar-refractivity contribution < 1.29 is 33.4 Å². The second kappa shape index (κ2) is 15.5. The molecular formula is C43H47ClN8O7. The highest BCUT2D eigenvalue weighted by atomic mass is 35.5. The van der Waals surface area contributed by atoms with Crippen LogP contribution in [0.5, 0.6) is 11.5 Å². The zero-order valence-corrected chi connectivity index (χ0v) is 34.2. The first-order valence-corrected chi connectivity index (χ1v) is 20.5. The van der Waals surface area contributed by atoms with Crippen LogP contribution < -0.4 is 30.3 Å². The number of anilines is 1. The Kier molecular flexibility index (Phi) is 10.6. The van der Waals surface area contributed by atoms with Gasteiger partial charge in [-0.2, -0.15) is 5.26 Å². The highest BCUT2D eigenvalue weighted by Gasteiger charge is 2.64. The molecular weight excluding hydrogens is 776 g/mol. The molecule has 0 radical (unpaired) electrons. The van der Waals surface area contributed by atoms with Gasteiger partial charge < -0.3 is 25.0 Å². The highest BCUT2D eigenvalue weighted by Crippen LogP contribution is 2.55. The van der Waals surface area contributed by atoms with Gasteiger partial charge in [0, 0.05) is 48.5 Å². The van der Waals surface area contributed by atoms with Gasteiger partial charge in [0.05, 0.1) is 21.7 Å². The zero-order valence-electron chi connectivity index (χ0n) is 33.4. The minimum atomic E-state index is -1.00. The smallest absolute Gasteiger partial charge is 0.272 e. The zero-order chi connectivity index (χ0) is 41.8. The number of hydrogen-bond donors (Lipinski definition) is 3. The molecule has 1 atom stereocenters. The first kappa shape index (κ1) is 40.2. The number of benzene rings is 2. The third-order valence-electron chi connectivity index (χ3n) is 12.8. The fourth-order valence-electron chi connectivity index (χ4n) is 9.66. The maximum atomic E-state index is 13.4. The van der Waals surface area contributed by atoms with Gasteiger partial charge in [-0.05, 0) is 87.0 Å². The van der Waals surface area contributed by atoms with Gasteiger partial charge in [-0.1, -0.05) is 39.3 Å². The summed E-state index contributed by atoms with van der Waals surface area (Å²) in [6.45, 7) is 10.8. The lowest BCUT2D eigenvalue weighted by Crippen LogP contribution is -2.74. The van der Waals surface area contributed by atoms with Crippen molar-refractivity contribution in [3.8, 4) is 17.6 Å². The Labute approximate surface area is 347 Å². The average molecular weight is 823 g/mol. The highest BCUT2D eigenvalue weighted by molar-refractivity contribution is 6.31. The number of carbonyl (C=O) groups is 5. The van der Waals surface area contributed by atoms with Crippen molar-refractivity contribution in [1.82, 2.24) is 31.0 Å². The molecule has 3 aliphatic heterocycles. The number of ether oxygens (including phenoxy) is 2. The van der Waals surface area contributed by atoms with E-state index in [0.717, 1.165) is 56.0 Å². The van der Waals surface area contributed by atoms with Crippen molar-refractivity contribution >= 4 is 47.0 Å². The van der Waals surface area contributed by atoms with Gasteiger partial charge in [-0.25, -0.2) is 0 Å². The molecule has 0 bridgehead atoms. The summed E-state index contributed by atoms with van der Waals surface area (Å²) in [5, 5.41) is 27.3. The first-order chi connectivity index (χ1) is 28.1. The molecule has 15 nitrogen and oxygen atoms in total. The lowest BCUT2D eigenvalue weighted by atomic mass is 9.49. The topological polar surface area (TPSA) is 196 Å². The molecule has 3 N–H and O–H groups in total. The van der Waals surface area contributed by atoms with Crippen molar-refractivity contribution in [3.63, 3.8) is 0 Å². The lowest BCUT2D eigenvalue weighted by Gasteiger charge is -2.63. The van der Waals surface area contributed by atoms with Gasteiger partial charge in [0.1, 0.15) is 35.8 Å². The van der Waals surface area contributed by atoms with Crippen LogP contribution in [0.3, 0.4) is 0 Å². The molecule has 59 heavy (non-hydrogen) atoms. The molecule has 1 unspecified atom stereocenters. The second-order valence-electron chi connectivity index (χ2n) is 17.5. The standard InChI is InChI=1S/C43H47ClN8O7/c1-42(2)40(43(3,4)41(42)59-27-6-5-24(21-45)31(44)20-27)48-36(54)32-9-11-34(50-49-32)51-15-13-23(14-16-51)22-46-25-17-28(18-25)58-26-7-8-29-30(19-26)39(57)52(38(29)56)33-10-12-35(53)47-37(33)55/h5-9,11,19-20,23,25,28,33,40-41,46H,10,12-18,22H2,1-4H3,(H,48,54)(H,47,53,55). The number of nitriles is 1. The molecule has 5 amide bonds. The molecule has 1 aromatic heterocycles. The van der Waals surface area contributed by atoms with E-state index >= 15 is 0 Å². The predicted molar refractivity (Wildman–Crippen MR) is 215 cm³/mol. The van der Waals surface area contributed by atoms with Crippen LogP contribution in [0.15, 0.2) is 48.5 Å². The number of nitrogens with zero attached hydrogens (tertiary/aromatic N) is 5. The van der Waals surface area contributed by atoms with Crippen LogP contribution in [0, 0.1) is 28.1 Å². The van der Waals surface area contributed by atoms with E-state index in [9.17, 15) is 29.2 Å². The molecule has 2 saturated carbocycles. The quantitative estimate of drug-likeness (QED) is 0.231. The minimum absolute atomic E-state index is 0.0211. The number of rotatable bonds is 11. The monoisotopic (exact) mass is 822 g/mol. The van der Waals surface area contributed by atoms with Crippen molar-refractivity contribution in [2.75, 3.05) is 24.5 Å². The first-order valence-electron chi connectivity index (χ1n) is 20.2. The maximum Gasteiger partial charge on any atom is 0.272 e. The third-order valence-corrected chi connectivity index (χ3v) is 13.1. The number of fused-ring (bicyclic) bond motifs is 1. The molecule has 2 saturated heterocycles. The summed E-state index contributed by atoms with van der Waals surface area (Å²) in [4.78, 5) is 66.6. The van der Waals surface area contributed by atoms with Gasteiger partial charge in [0.25, 0.3) is 17.7 Å². The van der Waals surface area contributed by atoms with E-state index in [2.05, 4.69) is 64.8 Å². The van der Waals surface area contributed by atoms with E-state index in [-0.39, 0.29) is 53.8 Å². The van der Waals surface area contributed by atoms with Crippen LogP contribution in [0.4, 0.5) is 5.82 Å². The van der Waals surface area contributed by atoms with E-state index in [4.69, 9.17) is 21.1 Å². The van der Waals surface area contributed by atoms with Crippen LogP contribution in [-0.2, 0) is 9.59 Å². The summed E-state index contributed by atoms with van der Waals surface area (Å²) in [6, 6.07) is 14.6. The Morgan fingerprint density at radius 3 is 2.27 bits per heavy atom. The number of nitrogens with one attached hydrogen (secondary N) is 3. The minimum Gasteiger partial charge on any atom is -0.490 e. The Morgan fingerprint density at radius 2 is 1.61 bits per heavy atom. The Hall–Kier alpha value is -5.59. The van der Waals surface area contributed by atoms with E-state index < -0.39 is 40.5 Å². The predicted octanol–water partition coefficient (Wildman–Crippen LogP) is 4.43. The van der Waals surface area contributed by atoms with Crippen molar-refractivity contribution in [2.24, 2.45) is 16.7 Å². The summed E-state index contributed by atoms with van der Waals surface area (Å²) in [5.41, 5.74) is 0.267. The number of aromatic nitrogens is 2. The van der Waals surface area contributed by atoms with E-state index in [1.807, 2.05) is 6.07 Å². The molecule has 2 aromatic carbocycles. The third kappa shape index (κ3) is 7.60. The van der Waals surface area contributed by atoms with Crippen LogP contribution in [-0.4, -0.2) is 94.6 Å². The number of hydrogen-bond acceptors (Lipinski definition) is 12. The van der Waals surface area contributed by atoms with Gasteiger partial charge in [-0.15, -0.1) is 10.2 Å². The Balaban J connectivity index is 0.756. The molecule has 4 fully saturated rings. The second-order valence-corrected chi connectivity index (χ2v) is 17.9. The molecule has 3 aromatic rings. The molecule has 2 aliphatic carbocycles. The molecule has 8 rings (SSSR count). The van der Waals surface area contributed by atoms with E-state index in [1.54, 1.807) is 42.5 Å². The molecule has 308 valence electrons. The Morgan fingerprint density at radius 1 is 0.915 bits per heavy atom. The van der Waals surface area contributed by atoms with Gasteiger partial charge in [-0.3, -0.25) is 34.2 Å². The number of halogens is 1. The maximum absolute atomic E-state index is 13.4. The lowest BCUT2D eigenvalue weighted by molar-refractivity contribution is -0.164. The average Bonchev–Trinajstić information content (AvgIpc) is 3.44. The van der Waals surface area contributed by atoms with Crippen LogP contribution in [0.1, 0.15) is 103 Å². The fourth-order valence-corrected chi connectivity index (χ4v) is 9.87. The summed E-state index contributed by atoms with van der Waals surface area (Å²) in [6.07, 6.45) is 3.56. The van der Waals surface area contributed by atoms with Gasteiger partial charge in [0.15, 0.2) is 11.5 Å². The number of imide groups is 2. The largest absolute Gasteiger partial charge is 0.490 e. The molecule has 16 heteroatoms. The van der Waals surface area contributed by atoms with Crippen LogP contribution in [0.2, 0.25) is 5.02 Å². The summed E-state index contributed by atoms with van der Waals surface area (Å²) < 4.78 is 12.5. The van der Waals surface area contributed by atoms with E-state index in [0.29, 0.717) is 34.0 Å². The van der Waals surface area contributed by atoms with Gasteiger partial charge >= 0.3 is 0 Å². The summed E-state index contributed by atoms with van der Waals surface area (Å²) in [5.74, 6) is -0.104. The Bertz CT molecular complexity index is 2230. The van der Waals surface area contributed by atoms with Crippen LogP contribution in [0.25, 0.3) is 0 Å². The number of carbonyl (C=O) groups excluding carboxylic acids is 5. The SMILES string of the molecule is CC1(C)C(NC(=O)c2ccc(N3CCC(CNC4CC(Oc5ccc6c(c5)C(=O)N(C5CCC(=O)NC5=O)C6=O)C4)CC3)nn2)C(C)(C)C1Oc1ccc(C#N)c(Cl)c1.